The Kier molecular flexibility index (Phi) is 3.35. The van der Waals surface area contributed by atoms with E-state index in [0.717, 1.165) is 17.0 Å². The minimum Gasteiger partial charge on any atom is -0.454 e. The molecule has 6 nitrogen and oxygen atoms in total. The molecule has 0 atom stereocenters. The molecule has 2 aromatic rings. The van der Waals surface area contributed by atoms with Gasteiger partial charge in [0, 0.05) is 29.9 Å². The molecule has 0 unspecified atom stereocenters. The van der Waals surface area contributed by atoms with E-state index < -0.39 is 0 Å². The lowest BCUT2D eigenvalue weighted by Gasteiger charge is -2.08. The number of nitro groups is 1. The molecule has 1 heterocycles. The van der Waals surface area contributed by atoms with Crippen LogP contribution in [-0.2, 0) is 6.54 Å². The Morgan fingerprint density at radius 3 is 2.81 bits per heavy atom. The standard InChI is InChI=1S/C15H14N2O4/c1-10-2-3-11(6-13(10)17(18)19)8-16-12-4-5-14-15(7-12)21-9-20-14/h2-7,16H,8-9H2,1H3. The van der Waals surface area contributed by atoms with Crippen molar-refractivity contribution in [1.82, 2.24) is 0 Å². The molecule has 0 fully saturated rings. The Morgan fingerprint density at radius 1 is 1.19 bits per heavy atom. The molecule has 2 aromatic carbocycles. The molecule has 0 amide bonds. The van der Waals surface area contributed by atoms with Gasteiger partial charge in [-0.15, -0.1) is 0 Å². The SMILES string of the molecule is Cc1ccc(CNc2ccc3c(c2)OCO3)cc1[N+](=O)[O-]. The maximum absolute atomic E-state index is 10.9. The van der Waals surface area contributed by atoms with Crippen LogP contribution in [0.15, 0.2) is 36.4 Å². The molecular formula is C15H14N2O4. The van der Waals surface area contributed by atoms with Gasteiger partial charge >= 0.3 is 0 Å². The summed E-state index contributed by atoms with van der Waals surface area (Å²) >= 11 is 0. The molecule has 3 rings (SSSR count). The van der Waals surface area contributed by atoms with Crippen molar-refractivity contribution in [3.8, 4) is 11.5 Å². The minimum absolute atomic E-state index is 0.139. The van der Waals surface area contributed by atoms with Crippen LogP contribution < -0.4 is 14.8 Å². The molecule has 0 aromatic heterocycles. The summed E-state index contributed by atoms with van der Waals surface area (Å²) in [6.45, 7) is 2.47. The van der Waals surface area contributed by atoms with E-state index in [1.807, 2.05) is 24.3 Å². The number of nitro benzene ring substituents is 1. The zero-order chi connectivity index (χ0) is 14.8. The molecule has 1 aliphatic heterocycles. The minimum atomic E-state index is -0.362. The number of ether oxygens (including phenoxy) is 2. The summed E-state index contributed by atoms with van der Waals surface area (Å²) in [5, 5.41) is 14.1. The highest BCUT2D eigenvalue weighted by atomic mass is 16.7. The maximum Gasteiger partial charge on any atom is 0.272 e. The number of nitrogens with one attached hydrogen (secondary N) is 1. The quantitative estimate of drug-likeness (QED) is 0.690. The molecule has 0 saturated carbocycles. The largest absolute Gasteiger partial charge is 0.454 e. The van der Waals surface area contributed by atoms with Crippen LogP contribution in [0, 0.1) is 17.0 Å². The summed E-state index contributed by atoms with van der Waals surface area (Å²) in [7, 11) is 0. The third kappa shape index (κ3) is 2.74. The number of rotatable bonds is 4. The lowest BCUT2D eigenvalue weighted by atomic mass is 10.1. The van der Waals surface area contributed by atoms with E-state index in [0.29, 0.717) is 17.9 Å². The van der Waals surface area contributed by atoms with Crippen LogP contribution in [0.2, 0.25) is 0 Å². The second-order valence-electron chi connectivity index (χ2n) is 4.80. The third-order valence-corrected chi connectivity index (χ3v) is 3.34. The van der Waals surface area contributed by atoms with Crippen LogP contribution in [0.1, 0.15) is 11.1 Å². The fourth-order valence-corrected chi connectivity index (χ4v) is 2.17. The van der Waals surface area contributed by atoms with Crippen LogP contribution in [0.5, 0.6) is 11.5 Å². The topological polar surface area (TPSA) is 73.6 Å². The van der Waals surface area contributed by atoms with E-state index in [9.17, 15) is 10.1 Å². The van der Waals surface area contributed by atoms with E-state index in [1.165, 1.54) is 0 Å². The molecule has 0 radical (unpaired) electrons. The first-order chi connectivity index (χ1) is 10.1. The number of aryl methyl sites for hydroxylation is 1. The Hall–Kier alpha value is -2.76. The Balaban J connectivity index is 1.73. The Labute approximate surface area is 121 Å². The summed E-state index contributed by atoms with van der Waals surface area (Å²) in [5.74, 6) is 1.43. The average Bonchev–Trinajstić information content (AvgIpc) is 2.93. The van der Waals surface area contributed by atoms with Gasteiger partial charge < -0.3 is 14.8 Å². The number of anilines is 1. The van der Waals surface area contributed by atoms with Crippen LogP contribution >= 0.6 is 0 Å². The fourth-order valence-electron chi connectivity index (χ4n) is 2.17. The molecule has 1 aliphatic rings. The van der Waals surface area contributed by atoms with E-state index >= 15 is 0 Å². The van der Waals surface area contributed by atoms with Crippen molar-refractivity contribution in [3.05, 3.63) is 57.6 Å². The summed E-state index contributed by atoms with van der Waals surface area (Å²) in [6.07, 6.45) is 0. The highest BCUT2D eigenvalue weighted by Gasteiger charge is 2.14. The van der Waals surface area contributed by atoms with Crippen LogP contribution in [0.3, 0.4) is 0 Å². The zero-order valence-corrected chi connectivity index (χ0v) is 11.5. The number of fused-ring (bicyclic) bond motifs is 1. The van der Waals surface area contributed by atoms with Gasteiger partial charge in [0.15, 0.2) is 11.5 Å². The maximum atomic E-state index is 10.9. The second kappa shape index (κ2) is 5.32. The van der Waals surface area contributed by atoms with Crippen molar-refractivity contribution in [3.63, 3.8) is 0 Å². The molecule has 108 valence electrons. The third-order valence-electron chi connectivity index (χ3n) is 3.34. The second-order valence-corrected chi connectivity index (χ2v) is 4.80. The molecule has 0 spiro atoms. The molecule has 0 aliphatic carbocycles. The normalized spacial score (nSPS) is 12.2. The average molecular weight is 286 g/mol. The van der Waals surface area contributed by atoms with Gasteiger partial charge in [-0.1, -0.05) is 12.1 Å². The van der Waals surface area contributed by atoms with Gasteiger partial charge in [-0.05, 0) is 24.6 Å². The predicted molar refractivity (Wildman–Crippen MR) is 77.7 cm³/mol. The summed E-state index contributed by atoms with van der Waals surface area (Å²) < 4.78 is 10.6. The predicted octanol–water partition coefficient (Wildman–Crippen LogP) is 3.24. The zero-order valence-electron chi connectivity index (χ0n) is 11.5. The van der Waals surface area contributed by atoms with Crippen molar-refractivity contribution in [2.75, 3.05) is 12.1 Å². The van der Waals surface area contributed by atoms with Gasteiger partial charge in [-0.25, -0.2) is 0 Å². The van der Waals surface area contributed by atoms with Crippen molar-refractivity contribution in [1.29, 1.82) is 0 Å². The number of hydrogen-bond acceptors (Lipinski definition) is 5. The summed E-state index contributed by atoms with van der Waals surface area (Å²) in [6, 6.07) is 10.8. The summed E-state index contributed by atoms with van der Waals surface area (Å²) in [5.41, 5.74) is 2.53. The Morgan fingerprint density at radius 2 is 2.00 bits per heavy atom. The van der Waals surface area contributed by atoms with E-state index in [2.05, 4.69) is 5.32 Å². The van der Waals surface area contributed by atoms with Gasteiger partial charge in [0.25, 0.3) is 5.69 Å². The van der Waals surface area contributed by atoms with E-state index in [-0.39, 0.29) is 17.4 Å². The van der Waals surface area contributed by atoms with Gasteiger partial charge in [0.2, 0.25) is 6.79 Å². The fraction of sp³-hybridized carbons (Fsp3) is 0.200. The van der Waals surface area contributed by atoms with Crippen molar-refractivity contribution >= 4 is 11.4 Å². The first-order valence-corrected chi connectivity index (χ1v) is 6.51. The Bertz CT molecular complexity index is 700. The molecule has 21 heavy (non-hydrogen) atoms. The highest BCUT2D eigenvalue weighted by molar-refractivity contribution is 5.56. The molecule has 6 heteroatoms. The molecular weight excluding hydrogens is 272 g/mol. The molecule has 1 N–H and O–H groups in total. The first kappa shape index (κ1) is 13.2. The number of hydrogen-bond donors (Lipinski definition) is 1. The highest BCUT2D eigenvalue weighted by Crippen LogP contribution is 2.34. The molecule has 0 saturated heterocycles. The van der Waals surface area contributed by atoms with Gasteiger partial charge in [0.05, 0.1) is 4.92 Å². The smallest absolute Gasteiger partial charge is 0.272 e. The lowest BCUT2D eigenvalue weighted by molar-refractivity contribution is -0.385. The van der Waals surface area contributed by atoms with Crippen LogP contribution in [0.4, 0.5) is 11.4 Å². The summed E-state index contributed by atoms with van der Waals surface area (Å²) in [4.78, 5) is 10.6. The number of benzene rings is 2. The van der Waals surface area contributed by atoms with Crippen molar-refractivity contribution < 1.29 is 14.4 Å². The first-order valence-electron chi connectivity index (χ1n) is 6.51. The molecule has 0 bridgehead atoms. The van der Waals surface area contributed by atoms with Crippen LogP contribution in [0.25, 0.3) is 0 Å². The monoisotopic (exact) mass is 286 g/mol. The lowest BCUT2D eigenvalue weighted by Crippen LogP contribution is -2.01. The van der Waals surface area contributed by atoms with Gasteiger partial charge in [-0.2, -0.15) is 0 Å². The number of nitrogens with zero attached hydrogens (tertiary/aromatic N) is 1. The van der Waals surface area contributed by atoms with Gasteiger partial charge in [0.1, 0.15) is 0 Å². The van der Waals surface area contributed by atoms with Crippen LogP contribution in [-0.4, -0.2) is 11.7 Å². The van der Waals surface area contributed by atoms with Gasteiger partial charge in [-0.3, -0.25) is 10.1 Å². The van der Waals surface area contributed by atoms with Crippen molar-refractivity contribution in [2.24, 2.45) is 0 Å². The van der Waals surface area contributed by atoms with E-state index in [4.69, 9.17) is 9.47 Å². The van der Waals surface area contributed by atoms with Crippen molar-refractivity contribution in [2.45, 2.75) is 13.5 Å². The van der Waals surface area contributed by atoms with E-state index in [1.54, 1.807) is 19.1 Å².